The van der Waals surface area contributed by atoms with Crippen LogP contribution in [0.5, 0.6) is 0 Å². The first-order chi connectivity index (χ1) is 6.90. The molecule has 4 heteroatoms. The topological polar surface area (TPSA) is 55.6 Å². The highest BCUT2D eigenvalue weighted by molar-refractivity contribution is 5.76. The van der Waals surface area contributed by atoms with Crippen LogP contribution in [0.1, 0.15) is 33.6 Å². The van der Waals surface area contributed by atoms with Crippen LogP contribution < -0.4 is 5.73 Å². The quantitative estimate of drug-likeness (QED) is 0.690. The minimum absolute atomic E-state index is 0.160. The molecule has 0 aliphatic rings. The molecule has 0 aliphatic heterocycles. The van der Waals surface area contributed by atoms with Crippen molar-refractivity contribution in [3.8, 4) is 0 Å². The number of ether oxygens (including phenoxy) is 1. The third-order valence-electron chi connectivity index (χ3n) is 2.28. The van der Waals surface area contributed by atoms with Gasteiger partial charge in [0.05, 0.1) is 6.61 Å². The third-order valence-corrected chi connectivity index (χ3v) is 2.28. The van der Waals surface area contributed by atoms with Gasteiger partial charge in [-0.25, -0.2) is 0 Å². The normalized spacial score (nSPS) is 11.5. The summed E-state index contributed by atoms with van der Waals surface area (Å²) >= 11 is 0. The van der Waals surface area contributed by atoms with Gasteiger partial charge in [0.1, 0.15) is 0 Å². The molecule has 0 aliphatic carbocycles. The summed E-state index contributed by atoms with van der Waals surface area (Å²) in [5, 5.41) is 0. The highest BCUT2D eigenvalue weighted by atomic mass is 16.5. The predicted molar refractivity (Wildman–Crippen MR) is 61.6 cm³/mol. The Hall–Kier alpha value is -0.610. The van der Waals surface area contributed by atoms with Crippen molar-refractivity contribution < 1.29 is 9.53 Å². The van der Waals surface area contributed by atoms with E-state index in [1.807, 2.05) is 20.8 Å². The van der Waals surface area contributed by atoms with Gasteiger partial charge in [-0.2, -0.15) is 0 Å². The second-order valence-electron chi connectivity index (χ2n) is 4.45. The van der Waals surface area contributed by atoms with Crippen LogP contribution >= 0.6 is 0 Å². The van der Waals surface area contributed by atoms with E-state index in [9.17, 15) is 4.79 Å². The molecule has 15 heavy (non-hydrogen) atoms. The third kappa shape index (κ3) is 7.33. The Morgan fingerprint density at radius 3 is 2.47 bits per heavy atom. The van der Waals surface area contributed by atoms with Crippen LogP contribution in [0.3, 0.4) is 0 Å². The summed E-state index contributed by atoms with van der Waals surface area (Å²) in [7, 11) is 1.64. The molecule has 90 valence electrons. The predicted octanol–water partition coefficient (Wildman–Crippen LogP) is 0.999. The Labute approximate surface area is 92.8 Å². The molecule has 0 aromatic rings. The van der Waals surface area contributed by atoms with E-state index in [4.69, 9.17) is 10.5 Å². The molecule has 0 unspecified atom stereocenters. The second kappa shape index (κ2) is 6.80. The van der Waals surface area contributed by atoms with Gasteiger partial charge in [0.2, 0.25) is 5.91 Å². The van der Waals surface area contributed by atoms with Crippen molar-refractivity contribution in [1.29, 1.82) is 0 Å². The number of nitrogens with zero attached hydrogens (tertiary/aromatic N) is 1. The van der Waals surface area contributed by atoms with Crippen LogP contribution in [0.2, 0.25) is 0 Å². The average Bonchev–Trinajstić information content (AvgIpc) is 2.15. The summed E-state index contributed by atoms with van der Waals surface area (Å²) in [6.45, 7) is 7.83. The fourth-order valence-corrected chi connectivity index (χ4v) is 1.25. The summed E-state index contributed by atoms with van der Waals surface area (Å²) in [5.74, 6) is 0.160. The summed E-state index contributed by atoms with van der Waals surface area (Å²) in [6, 6.07) is 0. The van der Waals surface area contributed by atoms with Gasteiger partial charge >= 0.3 is 0 Å². The van der Waals surface area contributed by atoms with E-state index in [0.717, 1.165) is 13.0 Å². The Bertz CT molecular complexity index is 188. The molecule has 1 amide bonds. The maximum atomic E-state index is 11.7. The SMILES string of the molecule is CCN(CCOC)C(=O)CCC(C)(C)N. The number of carbonyl (C=O) groups is 1. The minimum atomic E-state index is -0.268. The van der Waals surface area contributed by atoms with Gasteiger partial charge in [-0.1, -0.05) is 0 Å². The van der Waals surface area contributed by atoms with Crippen molar-refractivity contribution in [3.05, 3.63) is 0 Å². The van der Waals surface area contributed by atoms with Crippen LogP contribution in [0.4, 0.5) is 0 Å². The lowest BCUT2D eigenvalue weighted by Gasteiger charge is -2.23. The lowest BCUT2D eigenvalue weighted by Crippen LogP contribution is -2.37. The van der Waals surface area contributed by atoms with Crippen LogP contribution in [-0.2, 0) is 9.53 Å². The molecule has 0 radical (unpaired) electrons. The Morgan fingerprint density at radius 2 is 2.07 bits per heavy atom. The van der Waals surface area contributed by atoms with E-state index in [0.29, 0.717) is 19.6 Å². The molecule has 0 spiro atoms. The fraction of sp³-hybridized carbons (Fsp3) is 0.909. The lowest BCUT2D eigenvalue weighted by molar-refractivity contribution is -0.132. The zero-order valence-corrected chi connectivity index (χ0v) is 10.4. The Balaban J connectivity index is 3.94. The molecule has 0 rings (SSSR count). The smallest absolute Gasteiger partial charge is 0.222 e. The first-order valence-corrected chi connectivity index (χ1v) is 5.46. The summed E-state index contributed by atoms with van der Waals surface area (Å²) < 4.78 is 4.95. The van der Waals surface area contributed by atoms with Crippen LogP contribution in [0.15, 0.2) is 0 Å². The van der Waals surface area contributed by atoms with Crippen molar-refractivity contribution in [2.24, 2.45) is 5.73 Å². The number of amides is 1. The van der Waals surface area contributed by atoms with Gasteiger partial charge in [-0.3, -0.25) is 4.79 Å². The Kier molecular flexibility index (Phi) is 6.52. The Morgan fingerprint density at radius 1 is 1.47 bits per heavy atom. The van der Waals surface area contributed by atoms with E-state index in [1.54, 1.807) is 12.0 Å². The number of methoxy groups -OCH3 is 1. The molecule has 0 atom stereocenters. The van der Waals surface area contributed by atoms with Crippen molar-refractivity contribution in [1.82, 2.24) is 4.90 Å². The monoisotopic (exact) mass is 216 g/mol. The van der Waals surface area contributed by atoms with Gasteiger partial charge in [0, 0.05) is 32.2 Å². The summed E-state index contributed by atoms with van der Waals surface area (Å²) in [6.07, 6.45) is 1.23. The molecular weight excluding hydrogens is 192 g/mol. The molecule has 0 heterocycles. The van der Waals surface area contributed by atoms with E-state index in [1.165, 1.54) is 0 Å². The number of hydrogen-bond donors (Lipinski definition) is 1. The number of rotatable bonds is 7. The highest BCUT2D eigenvalue weighted by Gasteiger charge is 2.16. The molecule has 2 N–H and O–H groups in total. The zero-order valence-electron chi connectivity index (χ0n) is 10.4. The van der Waals surface area contributed by atoms with Crippen molar-refractivity contribution in [2.75, 3.05) is 26.8 Å². The molecular formula is C11H24N2O2. The van der Waals surface area contributed by atoms with E-state index in [-0.39, 0.29) is 11.4 Å². The number of likely N-dealkylation sites (N-methyl/N-ethyl adjacent to an activating group) is 1. The first-order valence-electron chi connectivity index (χ1n) is 5.46. The van der Waals surface area contributed by atoms with E-state index < -0.39 is 0 Å². The van der Waals surface area contributed by atoms with Crippen LogP contribution in [0, 0.1) is 0 Å². The molecule has 0 fully saturated rings. The fourth-order valence-electron chi connectivity index (χ4n) is 1.25. The zero-order chi connectivity index (χ0) is 11.9. The molecule has 0 aromatic heterocycles. The van der Waals surface area contributed by atoms with Gasteiger partial charge in [-0.15, -0.1) is 0 Å². The number of hydrogen-bond acceptors (Lipinski definition) is 3. The van der Waals surface area contributed by atoms with Crippen molar-refractivity contribution in [2.45, 2.75) is 39.2 Å². The van der Waals surface area contributed by atoms with E-state index >= 15 is 0 Å². The van der Waals surface area contributed by atoms with Crippen LogP contribution in [-0.4, -0.2) is 43.2 Å². The van der Waals surface area contributed by atoms with Gasteiger partial charge in [0.15, 0.2) is 0 Å². The lowest BCUT2D eigenvalue weighted by atomic mass is 10.00. The summed E-state index contributed by atoms with van der Waals surface area (Å²) in [5.41, 5.74) is 5.56. The maximum Gasteiger partial charge on any atom is 0.222 e. The summed E-state index contributed by atoms with van der Waals surface area (Å²) in [4.78, 5) is 13.5. The number of nitrogens with two attached hydrogens (primary N) is 1. The molecule has 0 saturated carbocycles. The standard InChI is InChI=1S/C11H24N2O2/c1-5-13(8-9-15-4)10(14)6-7-11(2,3)12/h5-9,12H2,1-4H3. The van der Waals surface area contributed by atoms with Crippen LogP contribution in [0.25, 0.3) is 0 Å². The first kappa shape index (κ1) is 14.4. The molecule has 0 saturated heterocycles. The molecule has 4 nitrogen and oxygen atoms in total. The van der Waals surface area contributed by atoms with E-state index in [2.05, 4.69) is 0 Å². The van der Waals surface area contributed by atoms with Gasteiger partial charge in [0.25, 0.3) is 0 Å². The van der Waals surface area contributed by atoms with Gasteiger partial charge < -0.3 is 15.4 Å². The van der Waals surface area contributed by atoms with Crippen molar-refractivity contribution >= 4 is 5.91 Å². The molecule has 0 bridgehead atoms. The molecule has 0 aromatic carbocycles. The second-order valence-corrected chi connectivity index (χ2v) is 4.45. The van der Waals surface area contributed by atoms with Crippen molar-refractivity contribution in [3.63, 3.8) is 0 Å². The maximum absolute atomic E-state index is 11.7. The minimum Gasteiger partial charge on any atom is -0.383 e. The number of carbonyl (C=O) groups excluding carboxylic acids is 1. The van der Waals surface area contributed by atoms with Gasteiger partial charge in [-0.05, 0) is 27.2 Å². The average molecular weight is 216 g/mol. The largest absolute Gasteiger partial charge is 0.383 e. The highest BCUT2D eigenvalue weighted by Crippen LogP contribution is 2.08.